The van der Waals surface area contributed by atoms with Crippen LogP contribution in [0.15, 0.2) is 40.5 Å². The summed E-state index contributed by atoms with van der Waals surface area (Å²) in [5.74, 6) is -3.03. The van der Waals surface area contributed by atoms with Crippen LogP contribution in [0, 0.1) is 5.92 Å². The van der Waals surface area contributed by atoms with Gasteiger partial charge >= 0.3 is 12.1 Å². The lowest BCUT2D eigenvalue weighted by Gasteiger charge is -2.35. The molecule has 4 nitrogen and oxygen atoms in total. The number of allylic oxidation sites excluding steroid dienone is 2. The number of carbonyl (C=O) groups is 2. The van der Waals surface area contributed by atoms with Crippen molar-refractivity contribution in [3.63, 3.8) is 0 Å². The predicted molar refractivity (Wildman–Crippen MR) is 97.9 cm³/mol. The Morgan fingerprint density at radius 3 is 2.54 bits per heavy atom. The van der Waals surface area contributed by atoms with Crippen LogP contribution in [0.1, 0.15) is 57.1 Å². The Hall–Kier alpha value is -2.44. The summed E-state index contributed by atoms with van der Waals surface area (Å²) in [6.07, 6.45) is -3.69. The molecule has 1 aliphatic heterocycles. The van der Waals surface area contributed by atoms with Gasteiger partial charge in [0.25, 0.3) is 0 Å². The molecule has 2 atom stereocenters. The SMILES string of the molecule is CC1=NC2=C(C(=O)CCC2)[C@H](c2ccccc2C(F)(F)F)C1C(=O)OC(C)C. The first kappa shape index (κ1) is 20.3. The van der Waals surface area contributed by atoms with Gasteiger partial charge in [0, 0.05) is 29.3 Å². The summed E-state index contributed by atoms with van der Waals surface area (Å²) < 4.78 is 46.5. The minimum Gasteiger partial charge on any atom is -0.462 e. The van der Waals surface area contributed by atoms with Crippen LogP contribution >= 0.6 is 0 Å². The zero-order valence-corrected chi connectivity index (χ0v) is 16.0. The zero-order chi connectivity index (χ0) is 20.6. The van der Waals surface area contributed by atoms with Crippen molar-refractivity contribution in [3.05, 3.63) is 46.7 Å². The third-order valence-electron chi connectivity index (χ3n) is 5.04. The van der Waals surface area contributed by atoms with E-state index in [0.717, 1.165) is 6.07 Å². The molecule has 1 aromatic carbocycles. The highest BCUT2D eigenvalue weighted by molar-refractivity contribution is 6.08. The van der Waals surface area contributed by atoms with Crippen LogP contribution in [0.2, 0.25) is 0 Å². The monoisotopic (exact) mass is 393 g/mol. The minimum atomic E-state index is -4.61. The summed E-state index contributed by atoms with van der Waals surface area (Å²) in [5, 5.41) is 0. The molecule has 3 rings (SSSR count). The first-order valence-electron chi connectivity index (χ1n) is 9.29. The van der Waals surface area contributed by atoms with Gasteiger partial charge in [-0.05, 0) is 45.2 Å². The number of ketones is 1. The molecule has 0 radical (unpaired) electrons. The quantitative estimate of drug-likeness (QED) is 0.691. The molecule has 7 heteroatoms. The number of hydrogen-bond acceptors (Lipinski definition) is 4. The van der Waals surface area contributed by atoms with E-state index >= 15 is 0 Å². The Morgan fingerprint density at radius 1 is 1.21 bits per heavy atom. The van der Waals surface area contributed by atoms with Gasteiger partial charge < -0.3 is 4.74 Å². The number of carbonyl (C=O) groups excluding carboxylic acids is 2. The topological polar surface area (TPSA) is 55.7 Å². The molecule has 1 heterocycles. The molecular weight excluding hydrogens is 371 g/mol. The number of benzene rings is 1. The third kappa shape index (κ3) is 3.75. The van der Waals surface area contributed by atoms with E-state index in [-0.39, 0.29) is 23.3 Å². The highest BCUT2D eigenvalue weighted by Gasteiger charge is 2.46. The number of alkyl halides is 3. The van der Waals surface area contributed by atoms with Crippen molar-refractivity contribution in [3.8, 4) is 0 Å². The molecule has 1 unspecified atom stereocenters. The fourth-order valence-corrected chi connectivity index (χ4v) is 3.98. The van der Waals surface area contributed by atoms with Gasteiger partial charge in [0.15, 0.2) is 5.78 Å². The van der Waals surface area contributed by atoms with Crippen molar-refractivity contribution < 1.29 is 27.5 Å². The lowest BCUT2D eigenvalue weighted by atomic mass is 9.70. The molecule has 0 bridgehead atoms. The van der Waals surface area contributed by atoms with E-state index in [4.69, 9.17) is 4.74 Å². The Kier molecular flexibility index (Phi) is 5.46. The molecule has 1 aliphatic carbocycles. The number of aliphatic imine (C=N–C) groups is 1. The standard InChI is InChI=1S/C21H22F3NO3/c1-11(2)28-20(27)17-12(3)25-15-9-6-10-16(26)19(15)18(17)13-7-4-5-8-14(13)21(22,23)24/h4-5,7-8,11,17-18H,6,9-10H2,1-3H3/t17?,18-/m1/s1. The van der Waals surface area contributed by atoms with Crippen LogP contribution in [0.3, 0.4) is 0 Å². The van der Waals surface area contributed by atoms with Gasteiger partial charge in [0.05, 0.1) is 11.7 Å². The lowest BCUT2D eigenvalue weighted by Crippen LogP contribution is -2.38. The molecule has 0 aromatic heterocycles. The van der Waals surface area contributed by atoms with E-state index in [1.165, 1.54) is 18.2 Å². The second-order valence-corrected chi connectivity index (χ2v) is 7.42. The largest absolute Gasteiger partial charge is 0.462 e. The summed E-state index contributed by atoms with van der Waals surface area (Å²) in [6, 6.07) is 5.11. The fraction of sp³-hybridized carbons (Fsp3) is 0.476. The second-order valence-electron chi connectivity index (χ2n) is 7.42. The van der Waals surface area contributed by atoms with E-state index in [1.807, 2.05) is 0 Å². The Bertz CT molecular complexity index is 868. The van der Waals surface area contributed by atoms with Crippen molar-refractivity contribution in [1.82, 2.24) is 0 Å². The van der Waals surface area contributed by atoms with Crippen molar-refractivity contribution in [2.24, 2.45) is 10.9 Å². The first-order valence-corrected chi connectivity index (χ1v) is 9.29. The number of esters is 1. The predicted octanol–water partition coefficient (Wildman–Crippen LogP) is 4.84. The number of hydrogen-bond donors (Lipinski definition) is 0. The van der Waals surface area contributed by atoms with Crippen molar-refractivity contribution >= 4 is 17.5 Å². The molecule has 0 amide bonds. The number of ether oxygens (including phenoxy) is 1. The van der Waals surface area contributed by atoms with Crippen LogP contribution in [0.25, 0.3) is 0 Å². The molecule has 0 fully saturated rings. The van der Waals surface area contributed by atoms with Gasteiger partial charge in [-0.15, -0.1) is 0 Å². The van der Waals surface area contributed by atoms with E-state index in [1.54, 1.807) is 20.8 Å². The van der Waals surface area contributed by atoms with Gasteiger partial charge in [0.2, 0.25) is 0 Å². The van der Waals surface area contributed by atoms with Gasteiger partial charge in [-0.1, -0.05) is 18.2 Å². The number of nitrogens with zero attached hydrogens (tertiary/aromatic N) is 1. The molecule has 1 aromatic rings. The van der Waals surface area contributed by atoms with Crippen LogP contribution in [-0.4, -0.2) is 23.6 Å². The minimum absolute atomic E-state index is 0.0855. The molecular formula is C21H22F3NO3. The smallest absolute Gasteiger partial charge is 0.416 e. The highest BCUT2D eigenvalue weighted by atomic mass is 19.4. The summed E-state index contributed by atoms with van der Waals surface area (Å²) >= 11 is 0. The zero-order valence-electron chi connectivity index (χ0n) is 16.0. The van der Waals surface area contributed by atoms with E-state index in [0.29, 0.717) is 24.3 Å². The van der Waals surface area contributed by atoms with Gasteiger partial charge in [-0.2, -0.15) is 13.2 Å². The highest BCUT2D eigenvalue weighted by Crippen LogP contribution is 2.47. The third-order valence-corrected chi connectivity index (χ3v) is 5.04. The van der Waals surface area contributed by atoms with E-state index in [2.05, 4.69) is 4.99 Å². The maximum absolute atomic E-state index is 13.7. The number of Topliss-reactive ketones (excluding diaryl/α,β-unsaturated/α-hetero) is 1. The Balaban J connectivity index is 2.23. The number of rotatable bonds is 3. The molecule has 2 aliphatic rings. The first-order chi connectivity index (χ1) is 13.1. The van der Waals surface area contributed by atoms with Gasteiger partial charge in [0.1, 0.15) is 5.92 Å². The summed E-state index contributed by atoms with van der Waals surface area (Å²) in [4.78, 5) is 30.0. The lowest BCUT2D eigenvalue weighted by molar-refractivity contribution is -0.151. The summed E-state index contributed by atoms with van der Waals surface area (Å²) in [7, 11) is 0. The van der Waals surface area contributed by atoms with Gasteiger partial charge in [-0.3, -0.25) is 14.6 Å². The fourth-order valence-electron chi connectivity index (χ4n) is 3.98. The molecule has 28 heavy (non-hydrogen) atoms. The molecule has 0 saturated heterocycles. The Morgan fingerprint density at radius 2 is 1.89 bits per heavy atom. The van der Waals surface area contributed by atoms with Crippen LogP contribution in [0.4, 0.5) is 13.2 Å². The maximum atomic E-state index is 13.7. The molecule has 150 valence electrons. The average Bonchev–Trinajstić information content (AvgIpc) is 2.59. The van der Waals surface area contributed by atoms with Gasteiger partial charge in [-0.25, -0.2) is 0 Å². The summed E-state index contributed by atoms with van der Waals surface area (Å²) in [6.45, 7) is 4.95. The molecule has 0 spiro atoms. The van der Waals surface area contributed by atoms with Crippen LogP contribution in [-0.2, 0) is 20.5 Å². The van der Waals surface area contributed by atoms with E-state index in [9.17, 15) is 22.8 Å². The van der Waals surface area contributed by atoms with Crippen LogP contribution < -0.4 is 0 Å². The second kappa shape index (κ2) is 7.53. The average molecular weight is 393 g/mol. The van der Waals surface area contributed by atoms with Crippen molar-refractivity contribution in [1.29, 1.82) is 0 Å². The maximum Gasteiger partial charge on any atom is 0.416 e. The van der Waals surface area contributed by atoms with E-state index < -0.39 is 35.6 Å². The summed E-state index contributed by atoms with van der Waals surface area (Å²) in [5.41, 5.74) is 0.157. The van der Waals surface area contributed by atoms with Crippen molar-refractivity contribution in [2.45, 2.75) is 58.2 Å². The molecule has 0 saturated carbocycles. The van der Waals surface area contributed by atoms with Crippen molar-refractivity contribution in [2.75, 3.05) is 0 Å². The van der Waals surface area contributed by atoms with Crippen LogP contribution in [0.5, 0.6) is 0 Å². The normalized spacial score (nSPS) is 22.8. The molecule has 0 N–H and O–H groups in total. The Labute approximate surface area is 161 Å². The number of halogens is 3.